The van der Waals surface area contributed by atoms with E-state index in [9.17, 15) is 0 Å². The minimum absolute atomic E-state index is 0.395. The molecule has 1 heterocycles. The number of rotatable bonds is 4. The van der Waals surface area contributed by atoms with Crippen LogP contribution in [0.5, 0.6) is 0 Å². The number of ether oxygens (including phenoxy) is 1. The zero-order chi connectivity index (χ0) is 12.3. The third kappa shape index (κ3) is 3.43. The first kappa shape index (κ1) is 13.3. The summed E-state index contributed by atoms with van der Waals surface area (Å²) < 4.78 is 5.83. The van der Waals surface area contributed by atoms with E-state index in [2.05, 4.69) is 31.0 Å². The summed E-state index contributed by atoms with van der Waals surface area (Å²) in [6, 6.07) is 0.714. The Bertz CT molecular complexity index is 234. The molecule has 0 aromatic heterocycles. The highest BCUT2D eigenvalue weighted by Gasteiger charge is 2.30. The molecule has 0 aromatic rings. The van der Waals surface area contributed by atoms with Crippen LogP contribution in [0.4, 0.5) is 0 Å². The molecule has 4 atom stereocenters. The minimum Gasteiger partial charge on any atom is -0.374 e. The molecule has 2 aliphatic rings. The fourth-order valence-electron chi connectivity index (χ4n) is 3.13. The van der Waals surface area contributed by atoms with Crippen LogP contribution in [0, 0.1) is 11.8 Å². The van der Waals surface area contributed by atoms with Crippen LogP contribution in [0.15, 0.2) is 0 Å². The van der Waals surface area contributed by atoms with Gasteiger partial charge in [-0.25, -0.2) is 0 Å². The number of morpholine rings is 1. The summed E-state index contributed by atoms with van der Waals surface area (Å²) in [6.45, 7) is 12.3. The van der Waals surface area contributed by atoms with Crippen molar-refractivity contribution in [2.75, 3.05) is 32.8 Å². The van der Waals surface area contributed by atoms with Gasteiger partial charge in [0.2, 0.25) is 0 Å². The quantitative estimate of drug-likeness (QED) is 0.810. The molecule has 0 bridgehead atoms. The van der Waals surface area contributed by atoms with Crippen LogP contribution in [-0.2, 0) is 4.74 Å². The number of nitrogens with one attached hydrogen (secondary N) is 1. The van der Waals surface area contributed by atoms with E-state index >= 15 is 0 Å². The summed E-state index contributed by atoms with van der Waals surface area (Å²) in [5.41, 5.74) is 0. The highest BCUT2D eigenvalue weighted by atomic mass is 16.5. The lowest BCUT2D eigenvalue weighted by Crippen LogP contribution is -2.48. The first-order valence-corrected chi connectivity index (χ1v) is 7.28. The Kier molecular flexibility index (Phi) is 4.83. The highest BCUT2D eigenvalue weighted by Crippen LogP contribution is 2.31. The Morgan fingerprint density at radius 3 is 2.76 bits per heavy atom. The Balaban J connectivity index is 1.71. The van der Waals surface area contributed by atoms with Crippen LogP contribution < -0.4 is 5.32 Å². The second-order valence-electron chi connectivity index (χ2n) is 5.81. The van der Waals surface area contributed by atoms with Crippen molar-refractivity contribution < 1.29 is 4.74 Å². The predicted octanol–water partition coefficient (Wildman–Crippen LogP) is 1.73. The summed E-state index contributed by atoms with van der Waals surface area (Å²) in [7, 11) is 0. The van der Waals surface area contributed by atoms with E-state index in [1.807, 2.05) is 0 Å². The zero-order valence-electron chi connectivity index (χ0n) is 11.6. The van der Waals surface area contributed by atoms with E-state index in [1.54, 1.807) is 0 Å². The van der Waals surface area contributed by atoms with Crippen LogP contribution in [-0.4, -0.2) is 49.8 Å². The fourth-order valence-corrected chi connectivity index (χ4v) is 3.13. The van der Waals surface area contributed by atoms with Crippen LogP contribution in [0.1, 0.15) is 33.6 Å². The van der Waals surface area contributed by atoms with E-state index in [4.69, 9.17) is 4.74 Å². The van der Waals surface area contributed by atoms with Gasteiger partial charge in [-0.15, -0.1) is 0 Å². The lowest BCUT2D eigenvalue weighted by molar-refractivity contribution is -0.0268. The van der Waals surface area contributed by atoms with Gasteiger partial charge < -0.3 is 10.1 Å². The first-order valence-electron chi connectivity index (χ1n) is 7.28. The molecule has 17 heavy (non-hydrogen) atoms. The van der Waals surface area contributed by atoms with Crippen LogP contribution in [0.2, 0.25) is 0 Å². The van der Waals surface area contributed by atoms with Crippen LogP contribution in [0.25, 0.3) is 0 Å². The van der Waals surface area contributed by atoms with Crippen molar-refractivity contribution in [3.8, 4) is 0 Å². The largest absolute Gasteiger partial charge is 0.374 e. The van der Waals surface area contributed by atoms with Gasteiger partial charge in [0.1, 0.15) is 0 Å². The van der Waals surface area contributed by atoms with Crippen molar-refractivity contribution in [2.24, 2.45) is 11.8 Å². The standard InChI is InChI=1S/C14H28N2O/c1-4-16-7-8-17-13(10-16)9-15-14-6-5-11(2)12(14)3/h11-15H,4-10H2,1-3H3. The molecule has 0 amide bonds. The predicted molar refractivity (Wildman–Crippen MR) is 71.2 cm³/mol. The van der Waals surface area contributed by atoms with Gasteiger partial charge in [0.15, 0.2) is 0 Å². The summed E-state index contributed by atoms with van der Waals surface area (Å²) in [5, 5.41) is 3.72. The van der Waals surface area contributed by atoms with Gasteiger partial charge in [0, 0.05) is 25.7 Å². The van der Waals surface area contributed by atoms with Gasteiger partial charge in [-0.3, -0.25) is 4.90 Å². The topological polar surface area (TPSA) is 24.5 Å². The lowest BCUT2D eigenvalue weighted by atomic mass is 9.98. The van der Waals surface area contributed by atoms with E-state index < -0.39 is 0 Å². The highest BCUT2D eigenvalue weighted by molar-refractivity contribution is 4.86. The van der Waals surface area contributed by atoms with Crippen molar-refractivity contribution >= 4 is 0 Å². The molecule has 100 valence electrons. The second kappa shape index (κ2) is 6.17. The number of nitrogens with zero attached hydrogens (tertiary/aromatic N) is 1. The lowest BCUT2D eigenvalue weighted by Gasteiger charge is -2.33. The van der Waals surface area contributed by atoms with Gasteiger partial charge in [0.05, 0.1) is 12.7 Å². The minimum atomic E-state index is 0.395. The van der Waals surface area contributed by atoms with Crippen molar-refractivity contribution in [1.29, 1.82) is 0 Å². The van der Waals surface area contributed by atoms with Gasteiger partial charge >= 0.3 is 0 Å². The Morgan fingerprint density at radius 1 is 1.29 bits per heavy atom. The summed E-state index contributed by atoms with van der Waals surface area (Å²) in [6.07, 6.45) is 3.12. The van der Waals surface area contributed by atoms with E-state index in [0.29, 0.717) is 12.1 Å². The molecule has 1 saturated heterocycles. The average Bonchev–Trinajstić information content (AvgIpc) is 2.68. The molecule has 2 fully saturated rings. The summed E-state index contributed by atoms with van der Waals surface area (Å²) in [5.74, 6) is 1.70. The fraction of sp³-hybridized carbons (Fsp3) is 1.00. The first-order chi connectivity index (χ1) is 8.20. The monoisotopic (exact) mass is 240 g/mol. The molecule has 1 aliphatic heterocycles. The van der Waals surface area contributed by atoms with Crippen molar-refractivity contribution in [3.63, 3.8) is 0 Å². The van der Waals surface area contributed by atoms with Crippen LogP contribution >= 0.6 is 0 Å². The van der Waals surface area contributed by atoms with Crippen LogP contribution in [0.3, 0.4) is 0 Å². The zero-order valence-corrected chi connectivity index (χ0v) is 11.6. The number of likely N-dealkylation sites (N-methyl/N-ethyl adjacent to an activating group) is 1. The third-order valence-electron chi connectivity index (χ3n) is 4.74. The molecule has 2 rings (SSSR count). The van der Waals surface area contributed by atoms with Crippen molar-refractivity contribution in [2.45, 2.75) is 45.8 Å². The van der Waals surface area contributed by atoms with Crippen molar-refractivity contribution in [1.82, 2.24) is 10.2 Å². The van der Waals surface area contributed by atoms with Crippen molar-refractivity contribution in [3.05, 3.63) is 0 Å². The molecule has 1 N–H and O–H groups in total. The number of hydrogen-bond donors (Lipinski definition) is 1. The summed E-state index contributed by atoms with van der Waals surface area (Å²) in [4.78, 5) is 2.48. The van der Waals surface area contributed by atoms with E-state index in [1.165, 1.54) is 12.8 Å². The molecule has 1 aliphatic carbocycles. The molecule has 0 aromatic carbocycles. The van der Waals surface area contributed by atoms with Gasteiger partial charge in [-0.05, 0) is 31.2 Å². The maximum Gasteiger partial charge on any atom is 0.0826 e. The van der Waals surface area contributed by atoms with Gasteiger partial charge in [-0.2, -0.15) is 0 Å². The molecule has 0 spiro atoms. The molecule has 4 unspecified atom stereocenters. The Labute approximate surface area is 106 Å². The van der Waals surface area contributed by atoms with Gasteiger partial charge in [0.25, 0.3) is 0 Å². The normalized spacial score (nSPS) is 39.7. The maximum absolute atomic E-state index is 5.83. The van der Waals surface area contributed by atoms with E-state index in [-0.39, 0.29) is 0 Å². The molecular weight excluding hydrogens is 212 g/mol. The van der Waals surface area contributed by atoms with Gasteiger partial charge in [-0.1, -0.05) is 20.8 Å². The molecule has 3 heteroatoms. The molecule has 3 nitrogen and oxygen atoms in total. The molecule has 1 saturated carbocycles. The smallest absolute Gasteiger partial charge is 0.0826 e. The Morgan fingerprint density at radius 2 is 2.12 bits per heavy atom. The number of hydrogen-bond acceptors (Lipinski definition) is 3. The summed E-state index contributed by atoms with van der Waals surface area (Å²) >= 11 is 0. The Hall–Kier alpha value is -0.120. The average molecular weight is 240 g/mol. The van der Waals surface area contributed by atoms with E-state index in [0.717, 1.165) is 44.6 Å². The maximum atomic E-state index is 5.83. The second-order valence-corrected chi connectivity index (χ2v) is 5.81. The molecule has 0 radical (unpaired) electrons. The SMILES string of the molecule is CCN1CCOC(CNC2CCC(C)C2C)C1. The third-order valence-corrected chi connectivity index (χ3v) is 4.74. The molecular formula is C14H28N2O.